The van der Waals surface area contributed by atoms with Crippen molar-refractivity contribution in [3.63, 3.8) is 0 Å². The number of oxime groups is 1. The topological polar surface area (TPSA) is 72.1 Å². The highest BCUT2D eigenvalue weighted by molar-refractivity contribution is 6.03. The van der Waals surface area contributed by atoms with Gasteiger partial charge in [0.25, 0.3) is 5.72 Å². The van der Waals surface area contributed by atoms with Crippen LogP contribution < -0.4 is 4.74 Å². The first-order valence-electron chi connectivity index (χ1n) is 10.8. The van der Waals surface area contributed by atoms with Gasteiger partial charge in [0.15, 0.2) is 5.84 Å². The van der Waals surface area contributed by atoms with E-state index in [1.807, 2.05) is 40.8 Å². The van der Waals surface area contributed by atoms with E-state index in [0.717, 1.165) is 41.1 Å². The van der Waals surface area contributed by atoms with E-state index < -0.39 is 5.72 Å². The maximum Gasteiger partial charge on any atom is 0.260 e. The molecule has 0 unspecified atom stereocenters. The minimum Gasteiger partial charge on any atom is -0.495 e. The summed E-state index contributed by atoms with van der Waals surface area (Å²) in [4.78, 5) is 12.1. The maximum atomic E-state index is 13.5. The van der Waals surface area contributed by atoms with Gasteiger partial charge in [0, 0.05) is 18.3 Å². The zero-order chi connectivity index (χ0) is 23.0. The molecule has 2 aliphatic rings. The highest BCUT2D eigenvalue weighted by Crippen LogP contribution is 2.40. The summed E-state index contributed by atoms with van der Waals surface area (Å²) < 4.78 is 21.0. The summed E-state index contributed by atoms with van der Waals surface area (Å²) in [7, 11) is 1.65. The van der Waals surface area contributed by atoms with Crippen LogP contribution >= 0.6 is 0 Å². The molecule has 0 radical (unpaired) electrons. The van der Waals surface area contributed by atoms with Crippen LogP contribution in [0.15, 0.2) is 65.7 Å². The van der Waals surface area contributed by atoms with Crippen molar-refractivity contribution in [2.45, 2.75) is 25.5 Å². The number of aromatic nitrogens is 2. The molecule has 5 rings (SSSR count). The van der Waals surface area contributed by atoms with Crippen LogP contribution in [0.25, 0.3) is 11.8 Å². The SMILES string of the molecule is COc1cc(/C=C2\CCCN3C2=NO[C@@]3(CO)c2ccc(F)cc2)ccc1-n1cnc(C)c1. The van der Waals surface area contributed by atoms with Crippen molar-refractivity contribution < 1.29 is 19.1 Å². The van der Waals surface area contributed by atoms with E-state index in [9.17, 15) is 9.50 Å². The average Bonchev–Trinajstić information content (AvgIpc) is 3.44. The van der Waals surface area contributed by atoms with Crippen molar-refractivity contribution in [1.82, 2.24) is 14.5 Å². The van der Waals surface area contributed by atoms with Gasteiger partial charge in [0.1, 0.15) is 18.2 Å². The largest absolute Gasteiger partial charge is 0.495 e. The van der Waals surface area contributed by atoms with Crippen LogP contribution in [-0.4, -0.2) is 45.7 Å². The second kappa shape index (κ2) is 8.37. The number of halogens is 1. The Kier molecular flexibility index (Phi) is 5.38. The first-order valence-corrected chi connectivity index (χ1v) is 10.8. The number of methoxy groups -OCH3 is 1. The average molecular weight is 448 g/mol. The predicted molar refractivity (Wildman–Crippen MR) is 122 cm³/mol. The molecular formula is C25H25FN4O3. The van der Waals surface area contributed by atoms with Crippen molar-refractivity contribution in [1.29, 1.82) is 0 Å². The predicted octanol–water partition coefficient (Wildman–Crippen LogP) is 4.00. The number of piperidine rings is 1. The number of hydrogen-bond donors (Lipinski definition) is 1. The molecule has 0 amide bonds. The van der Waals surface area contributed by atoms with Crippen LogP contribution in [-0.2, 0) is 10.6 Å². The van der Waals surface area contributed by atoms with Crippen LogP contribution in [0.2, 0.25) is 0 Å². The lowest BCUT2D eigenvalue weighted by molar-refractivity contribution is -0.137. The van der Waals surface area contributed by atoms with Gasteiger partial charge in [0.2, 0.25) is 0 Å². The molecule has 33 heavy (non-hydrogen) atoms. The molecule has 1 N–H and O–H groups in total. The molecule has 1 fully saturated rings. The molecule has 3 aromatic rings. The molecule has 0 bridgehead atoms. The number of amidine groups is 1. The number of aliphatic hydroxyl groups excluding tert-OH is 1. The van der Waals surface area contributed by atoms with Crippen LogP contribution in [0.1, 0.15) is 29.7 Å². The van der Waals surface area contributed by atoms with Crippen molar-refractivity contribution in [3.8, 4) is 11.4 Å². The van der Waals surface area contributed by atoms with Gasteiger partial charge >= 0.3 is 0 Å². The molecule has 3 heterocycles. The van der Waals surface area contributed by atoms with Gasteiger partial charge in [0.05, 0.1) is 24.8 Å². The highest BCUT2D eigenvalue weighted by Gasteiger charge is 2.49. The van der Waals surface area contributed by atoms with E-state index in [2.05, 4.69) is 16.2 Å². The minimum atomic E-state index is -1.15. The lowest BCUT2D eigenvalue weighted by Crippen LogP contribution is -2.51. The summed E-state index contributed by atoms with van der Waals surface area (Å²) in [6.07, 6.45) is 7.48. The Morgan fingerprint density at radius 2 is 2.06 bits per heavy atom. The maximum absolute atomic E-state index is 13.5. The van der Waals surface area contributed by atoms with Gasteiger partial charge in [-0.25, -0.2) is 9.37 Å². The third kappa shape index (κ3) is 3.66. The van der Waals surface area contributed by atoms with E-state index in [1.54, 1.807) is 25.6 Å². The fourth-order valence-corrected chi connectivity index (χ4v) is 4.46. The highest BCUT2D eigenvalue weighted by atomic mass is 19.1. The number of hydrogen-bond acceptors (Lipinski definition) is 6. The molecule has 2 aliphatic heterocycles. The third-order valence-electron chi connectivity index (χ3n) is 6.13. The van der Waals surface area contributed by atoms with Crippen LogP contribution in [0.3, 0.4) is 0 Å². The Bertz CT molecular complexity index is 1230. The molecular weight excluding hydrogens is 423 g/mol. The Labute approximate surface area is 191 Å². The van der Waals surface area contributed by atoms with E-state index in [4.69, 9.17) is 9.57 Å². The second-order valence-electron chi connectivity index (χ2n) is 8.23. The van der Waals surface area contributed by atoms with Gasteiger partial charge in [-0.1, -0.05) is 11.2 Å². The molecule has 0 aliphatic carbocycles. The van der Waals surface area contributed by atoms with Crippen molar-refractivity contribution in [2.24, 2.45) is 5.16 Å². The van der Waals surface area contributed by atoms with Gasteiger partial charge < -0.3 is 24.1 Å². The smallest absolute Gasteiger partial charge is 0.260 e. The zero-order valence-electron chi connectivity index (χ0n) is 18.5. The molecule has 0 spiro atoms. The Balaban J connectivity index is 1.47. The van der Waals surface area contributed by atoms with Gasteiger partial charge in [-0.15, -0.1) is 0 Å². The number of aryl methyl sites for hydroxylation is 1. The lowest BCUT2D eigenvalue weighted by Gasteiger charge is -2.38. The normalized spacial score (nSPS) is 21.0. The molecule has 1 saturated heterocycles. The quantitative estimate of drug-likeness (QED) is 0.639. The van der Waals surface area contributed by atoms with Crippen molar-refractivity contribution in [2.75, 3.05) is 20.3 Å². The fourth-order valence-electron chi connectivity index (χ4n) is 4.46. The van der Waals surface area contributed by atoms with Gasteiger partial charge in [-0.05, 0) is 73.4 Å². The van der Waals surface area contributed by atoms with Crippen LogP contribution in [0.5, 0.6) is 5.75 Å². The summed E-state index contributed by atoms with van der Waals surface area (Å²) in [5.41, 5.74) is 3.32. The summed E-state index contributed by atoms with van der Waals surface area (Å²) in [6.45, 7) is 2.32. The number of ether oxygens (including phenoxy) is 1. The molecule has 7 nitrogen and oxygen atoms in total. The number of aliphatic hydroxyl groups is 1. The lowest BCUT2D eigenvalue weighted by atomic mass is 9.95. The Morgan fingerprint density at radius 3 is 2.76 bits per heavy atom. The minimum absolute atomic E-state index is 0.300. The van der Waals surface area contributed by atoms with E-state index in [0.29, 0.717) is 17.9 Å². The number of imidazole rings is 1. The van der Waals surface area contributed by atoms with Gasteiger partial charge in [-0.3, -0.25) is 0 Å². The number of fused-ring (bicyclic) bond motifs is 1. The standard InChI is InChI=1S/C25H25FN4O3/c1-17-14-29(16-27-17)22-10-5-18(13-23(22)32-2)12-19-4-3-11-30-24(19)28-33-25(30,15-31)20-6-8-21(26)9-7-20/h5-10,12-14,16,31H,3-4,11,15H2,1-2H3/b19-12+/t25-/m0/s1. The molecule has 0 saturated carbocycles. The molecule has 1 atom stereocenters. The summed E-state index contributed by atoms with van der Waals surface area (Å²) in [5.74, 6) is 1.08. The summed E-state index contributed by atoms with van der Waals surface area (Å²) in [5, 5.41) is 14.6. The Hall–Kier alpha value is -3.65. The molecule has 2 aromatic carbocycles. The number of benzene rings is 2. The molecule has 170 valence electrons. The Morgan fingerprint density at radius 1 is 1.24 bits per heavy atom. The van der Waals surface area contributed by atoms with Crippen molar-refractivity contribution >= 4 is 11.9 Å². The van der Waals surface area contributed by atoms with Crippen molar-refractivity contribution in [3.05, 3.63) is 83.2 Å². The van der Waals surface area contributed by atoms with Crippen LogP contribution in [0.4, 0.5) is 4.39 Å². The van der Waals surface area contributed by atoms with Gasteiger partial charge in [-0.2, -0.15) is 0 Å². The fraction of sp³-hybridized carbons (Fsp3) is 0.280. The van der Waals surface area contributed by atoms with E-state index >= 15 is 0 Å². The summed E-state index contributed by atoms with van der Waals surface area (Å²) in [6, 6.07) is 12.0. The number of nitrogens with zero attached hydrogens (tertiary/aromatic N) is 4. The first kappa shape index (κ1) is 21.2. The number of rotatable bonds is 5. The first-order chi connectivity index (χ1) is 16.0. The third-order valence-corrected chi connectivity index (χ3v) is 6.13. The second-order valence-corrected chi connectivity index (χ2v) is 8.23. The monoisotopic (exact) mass is 448 g/mol. The molecule has 1 aromatic heterocycles. The van der Waals surface area contributed by atoms with E-state index in [-0.39, 0.29) is 12.4 Å². The van der Waals surface area contributed by atoms with E-state index in [1.165, 1.54) is 12.1 Å². The zero-order valence-corrected chi connectivity index (χ0v) is 18.5. The molecule has 8 heteroatoms. The summed E-state index contributed by atoms with van der Waals surface area (Å²) >= 11 is 0. The van der Waals surface area contributed by atoms with Crippen LogP contribution in [0, 0.1) is 12.7 Å².